The highest BCUT2D eigenvalue weighted by atomic mass is 79.9. The van der Waals surface area contributed by atoms with Crippen molar-refractivity contribution in [3.8, 4) is 0 Å². The zero-order chi connectivity index (χ0) is 7.56. The van der Waals surface area contributed by atoms with Crippen molar-refractivity contribution in [2.75, 3.05) is 0 Å². The van der Waals surface area contributed by atoms with Crippen LogP contribution >= 0.6 is 15.9 Å². The van der Waals surface area contributed by atoms with Crippen LogP contribution in [0.3, 0.4) is 0 Å². The Kier molecular flexibility index (Phi) is 2.44. The molecule has 0 saturated carbocycles. The number of rotatable bonds is 1. The number of benzene rings is 1. The Labute approximate surface area is 68.2 Å². The normalized spacial score (nSPS) is 9.90. The molecule has 0 unspecified atom stereocenters. The maximum absolute atomic E-state index is 12.7. The summed E-state index contributed by atoms with van der Waals surface area (Å²) in [6.07, 6.45) is 0. The molecule has 0 aliphatic carbocycles. The maximum atomic E-state index is 12.7. The van der Waals surface area contributed by atoms with Gasteiger partial charge in [-0.15, -0.1) is 0 Å². The van der Waals surface area contributed by atoms with Gasteiger partial charge in [-0.05, 0) is 24.1 Å². The number of aryl methyl sites for hydroxylation is 1. The van der Waals surface area contributed by atoms with Crippen molar-refractivity contribution in [1.82, 2.24) is 0 Å². The summed E-state index contributed by atoms with van der Waals surface area (Å²) in [5.74, 6) is -0.128. The first-order valence-corrected chi connectivity index (χ1v) is 4.17. The summed E-state index contributed by atoms with van der Waals surface area (Å²) >= 11 is 3.25. The summed E-state index contributed by atoms with van der Waals surface area (Å²) in [4.78, 5) is 0. The van der Waals surface area contributed by atoms with Gasteiger partial charge in [0.15, 0.2) is 0 Å². The largest absolute Gasteiger partial charge is 0.207 e. The molecule has 0 aliphatic rings. The standard InChI is InChI=1S/C8H8BrF/c1-6-2-3-7(5-9)4-8(6)10/h2-4H,5H2,1H3. The predicted molar refractivity (Wildman–Crippen MR) is 43.8 cm³/mol. The minimum Gasteiger partial charge on any atom is -0.207 e. The molecule has 0 aliphatic heterocycles. The van der Waals surface area contributed by atoms with Crippen LogP contribution in [0, 0.1) is 12.7 Å². The molecule has 0 N–H and O–H groups in total. The van der Waals surface area contributed by atoms with Crippen LogP contribution < -0.4 is 0 Å². The van der Waals surface area contributed by atoms with Gasteiger partial charge in [-0.3, -0.25) is 0 Å². The van der Waals surface area contributed by atoms with E-state index in [1.807, 2.05) is 6.07 Å². The van der Waals surface area contributed by atoms with Gasteiger partial charge in [-0.2, -0.15) is 0 Å². The molecular formula is C8H8BrF. The van der Waals surface area contributed by atoms with Crippen molar-refractivity contribution in [3.05, 3.63) is 35.1 Å². The molecular weight excluding hydrogens is 195 g/mol. The molecule has 0 bridgehead atoms. The van der Waals surface area contributed by atoms with Crippen LogP contribution in [0.15, 0.2) is 18.2 Å². The topological polar surface area (TPSA) is 0 Å². The van der Waals surface area contributed by atoms with Crippen molar-refractivity contribution >= 4 is 15.9 Å². The van der Waals surface area contributed by atoms with E-state index in [0.29, 0.717) is 10.9 Å². The van der Waals surface area contributed by atoms with Crippen LogP contribution in [0.5, 0.6) is 0 Å². The summed E-state index contributed by atoms with van der Waals surface area (Å²) in [5, 5.41) is 0.712. The number of hydrogen-bond acceptors (Lipinski definition) is 0. The highest BCUT2D eigenvalue weighted by Gasteiger charge is 1.96. The van der Waals surface area contributed by atoms with Gasteiger partial charge < -0.3 is 0 Å². The van der Waals surface area contributed by atoms with Crippen LogP contribution in [0.4, 0.5) is 4.39 Å². The van der Waals surface area contributed by atoms with Gasteiger partial charge in [0.2, 0.25) is 0 Å². The van der Waals surface area contributed by atoms with Crippen LogP contribution in [-0.4, -0.2) is 0 Å². The molecule has 0 radical (unpaired) electrons. The SMILES string of the molecule is Cc1ccc(CBr)cc1F. The highest BCUT2D eigenvalue weighted by Crippen LogP contribution is 2.11. The Morgan fingerprint density at radius 3 is 2.70 bits per heavy atom. The van der Waals surface area contributed by atoms with E-state index in [0.717, 1.165) is 5.56 Å². The number of hydrogen-bond donors (Lipinski definition) is 0. The van der Waals surface area contributed by atoms with Gasteiger partial charge in [0, 0.05) is 5.33 Å². The fraction of sp³-hybridized carbons (Fsp3) is 0.250. The molecule has 0 heterocycles. The quantitative estimate of drug-likeness (QED) is 0.615. The van der Waals surface area contributed by atoms with Crippen molar-refractivity contribution in [2.45, 2.75) is 12.3 Å². The Hall–Kier alpha value is -0.370. The lowest BCUT2D eigenvalue weighted by molar-refractivity contribution is 0.617. The minimum absolute atomic E-state index is 0.128. The Morgan fingerprint density at radius 1 is 1.50 bits per heavy atom. The first kappa shape index (κ1) is 7.73. The van der Waals surface area contributed by atoms with Crippen LogP contribution in [0.2, 0.25) is 0 Å². The third-order valence-corrected chi connectivity index (χ3v) is 2.04. The summed E-state index contributed by atoms with van der Waals surface area (Å²) in [6.45, 7) is 1.76. The van der Waals surface area contributed by atoms with Crippen LogP contribution in [-0.2, 0) is 5.33 Å². The summed E-state index contributed by atoms with van der Waals surface area (Å²) in [6, 6.07) is 5.24. The van der Waals surface area contributed by atoms with E-state index in [4.69, 9.17) is 0 Å². The maximum Gasteiger partial charge on any atom is 0.126 e. The lowest BCUT2D eigenvalue weighted by atomic mass is 10.2. The minimum atomic E-state index is -0.128. The van der Waals surface area contributed by atoms with Gasteiger partial charge in [0.25, 0.3) is 0 Å². The second-order valence-electron chi connectivity index (χ2n) is 2.22. The summed E-state index contributed by atoms with van der Waals surface area (Å²) in [7, 11) is 0. The molecule has 0 spiro atoms. The van der Waals surface area contributed by atoms with Crippen LogP contribution in [0.1, 0.15) is 11.1 Å². The van der Waals surface area contributed by atoms with E-state index in [2.05, 4.69) is 15.9 Å². The van der Waals surface area contributed by atoms with E-state index >= 15 is 0 Å². The zero-order valence-electron chi connectivity index (χ0n) is 5.70. The zero-order valence-corrected chi connectivity index (χ0v) is 7.28. The third kappa shape index (κ3) is 1.57. The first-order valence-electron chi connectivity index (χ1n) is 3.05. The predicted octanol–water partition coefficient (Wildman–Crippen LogP) is 3.03. The molecule has 1 aromatic rings. The Morgan fingerprint density at radius 2 is 2.20 bits per heavy atom. The van der Waals surface area contributed by atoms with E-state index < -0.39 is 0 Å². The average Bonchev–Trinajstić information content (AvgIpc) is 1.95. The molecule has 0 saturated heterocycles. The van der Waals surface area contributed by atoms with E-state index in [1.165, 1.54) is 0 Å². The molecule has 0 fully saturated rings. The monoisotopic (exact) mass is 202 g/mol. The first-order chi connectivity index (χ1) is 4.74. The molecule has 1 aromatic carbocycles. The highest BCUT2D eigenvalue weighted by molar-refractivity contribution is 9.08. The van der Waals surface area contributed by atoms with Crippen molar-refractivity contribution in [1.29, 1.82) is 0 Å². The second kappa shape index (κ2) is 3.15. The molecule has 0 nitrogen and oxygen atoms in total. The van der Waals surface area contributed by atoms with Gasteiger partial charge in [0.05, 0.1) is 0 Å². The van der Waals surface area contributed by atoms with Crippen molar-refractivity contribution in [3.63, 3.8) is 0 Å². The van der Waals surface area contributed by atoms with Gasteiger partial charge in [0.1, 0.15) is 5.82 Å². The van der Waals surface area contributed by atoms with Gasteiger partial charge >= 0.3 is 0 Å². The number of halogens is 2. The molecule has 0 amide bonds. The molecule has 1 rings (SSSR count). The smallest absolute Gasteiger partial charge is 0.126 e. The Balaban J connectivity index is 3.04. The molecule has 0 atom stereocenters. The second-order valence-corrected chi connectivity index (χ2v) is 2.78. The van der Waals surface area contributed by atoms with Crippen molar-refractivity contribution < 1.29 is 4.39 Å². The van der Waals surface area contributed by atoms with E-state index in [9.17, 15) is 4.39 Å². The van der Waals surface area contributed by atoms with Gasteiger partial charge in [-0.1, -0.05) is 28.1 Å². The van der Waals surface area contributed by atoms with E-state index in [-0.39, 0.29) is 5.82 Å². The summed E-state index contributed by atoms with van der Waals surface area (Å²) < 4.78 is 12.7. The van der Waals surface area contributed by atoms with E-state index in [1.54, 1.807) is 19.1 Å². The molecule has 0 aromatic heterocycles. The molecule has 10 heavy (non-hydrogen) atoms. The summed E-state index contributed by atoms with van der Waals surface area (Å²) in [5.41, 5.74) is 1.67. The fourth-order valence-electron chi connectivity index (χ4n) is 0.719. The molecule has 2 heteroatoms. The number of alkyl halides is 1. The fourth-order valence-corrected chi connectivity index (χ4v) is 1.07. The van der Waals surface area contributed by atoms with Crippen LogP contribution in [0.25, 0.3) is 0 Å². The lowest BCUT2D eigenvalue weighted by Crippen LogP contribution is -1.84. The molecule has 54 valence electrons. The lowest BCUT2D eigenvalue weighted by Gasteiger charge is -1.97. The Bertz CT molecular complexity index is 233. The third-order valence-electron chi connectivity index (χ3n) is 1.39. The van der Waals surface area contributed by atoms with Gasteiger partial charge in [-0.25, -0.2) is 4.39 Å². The van der Waals surface area contributed by atoms with Crippen molar-refractivity contribution in [2.24, 2.45) is 0 Å². The average molecular weight is 203 g/mol.